The maximum atomic E-state index is 14.5. The van der Waals surface area contributed by atoms with Gasteiger partial charge in [0.05, 0.1) is 12.2 Å². The lowest BCUT2D eigenvalue weighted by Gasteiger charge is -2.26. The van der Waals surface area contributed by atoms with Gasteiger partial charge in [0.15, 0.2) is 5.65 Å². The van der Waals surface area contributed by atoms with Crippen LogP contribution in [0.4, 0.5) is 14.6 Å². The molecule has 5 rings (SSSR count). The monoisotopic (exact) mass is 517 g/mol. The molecule has 0 radical (unpaired) electrons. The lowest BCUT2D eigenvalue weighted by molar-refractivity contribution is -0.116. The minimum absolute atomic E-state index is 0.135. The number of rotatable bonds is 9. The van der Waals surface area contributed by atoms with Crippen LogP contribution in [-0.2, 0) is 17.6 Å². The van der Waals surface area contributed by atoms with Gasteiger partial charge in [-0.05, 0) is 68.0 Å². The number of aryl methyl sites for hydroxylation is 1. The molecule has 0 aliphatic carbocycles. The molecule has 0 unspecified atom stereocenters. The molecule has 0 saturated carbocycles. The number of ketones is 1. The number of nitrogens with one attached hydrogen (secondary N) is 1. The van der Waals surface area contributed by atoms with Gasteiger partial charge < -0.3 is 10.2 Å². The van der Waals surface area contributed by atoms with Crippen molar-refractivity contribution in [2.24, 2.45) is 0 Å². The first-order valence-corrected chi connectivity index (χ1v) is 12.8. The molecule has 4 aromatic rings. The van der Waals surface area contributed by atoms with Crippen molar-refractivity contribution in [1.29, 1.82) is 0 Å². The second-order valence-electron chi connectivity index (χ2n) is 9.68. The van der Waals surface area contributed by atoms with Crippen LogP contribution in [0, 0.1) is 11.6 Å². The Morgan fingerprint density at radius 2 is 1.87 bits per heavy atom. The predicted octanol–water partition coefficient (Wildman–Crippen LogP) is 4.84. The summed E-state index contributed by atoms with van der Waals surface area (Å²) in [5, 5.41) is 7.20. The van der Waals surface area contributed by atoms with Crippen LogP contribution in [0.1, 0.15) is 59.3 Å². The Morgan fingerprint density at radius 1 is 1.08 bits per heavy atom. The third-order valence-electron chi connectivity index (χ3n) is 6.87. The number of fused-ring (bicyclic) bond motifs is 1. The van der Waals surface area contributed by atoms with Gasteiger partial charge in [-0.1, -0.05) is 24.3 Å². The van der Waals surface area contributed by atoms with E-state index >= 15 is 0 Å². The quantitative estimate of drug-likeness (QED) is 0.322. The van der Waals surface area contributed by atoms with E-state index in [4.69, 9.17) is 4.98 Å². The highest BCUT2D eigenvalue weighted by Crippen LogP contribution is 2.36. The molecule has 1 fully saturated rings. The fourth-order valence-electron chi connectivity index (χ4n) is 5.01. The summed E-state index contributed by atoms with van der Waals surface area (Å²) in [5.41, 5.74) is 3.21. The molecule has 2 aromatic heterocycles. The van der Waals surface area contributed by atoms with E-state index < -0.39 is 11.6 Å². The maximum Gasteiger partial charge on any atom is 0.256 e. The Hall–Kier alpha value is -4.14. The summed E-state index contributed by atoms with van der Waals surface area (Å²) in [4.78, 5) is 30.8. The number of benzene rings is 2. The summed E-state index contributed by atoms with van der Waals surface area (Å²) in [5.74, 6) is -0.463. The zero-order chi connectivity index (χ0) is 26.6. The van der Waals surface area contributed by atoms with E-state index in [0.717, 1.165) is 42.5 Å². The molecule has 1 aliphatic rings. The van der Waals surface area contributed by atoms with Crippen molar-refractivity contribution < 1.29 is 18.4 Å². The van der Waals surface area contributed by atoms with E-state index in [-0.39, 0.29) is 17.7 Å². The molecular weight excluding hydrogens is 488 g/mol. The summed E-state index contributed by atoms with van der Waals surface area (Å²) in [6.45, 7) is 2.71. The third-order valence-corrected chi connectivity index (χ3v) is 6.87. The van der Waals surface area contributed by atoms with Crippen molar-refractivity contribution in [3.8, 4) is 0 Å². The van der Waals surface area contributed by atoms with Crippen LogP contribution >= 0.6 is 0 Å². The van der Waals surface area contributed by atoms with Crippen molar-refractivity contribution in [2.45, 2.75) is 45.1 Å². The number of aromatic nitrogens is 3. The Morgan fingerprint density at radius 3 is 2.66 bits per heavy atom. The maximum absolute atomic E-state index is 14.5. The normalized spacial score (nSPS) is 15.2. The zero-order valence-corrected chi connectivity index (χ0v) is 21.2. The Kier molecular flexibility index (Phi) is 7.44. The van der Waals surface area contributed by atoms with Gasteiger partial charge in [0, 0.05) is 31.3 Å². The highest BCUT2D eigenvalue weighted by atomic mass is 19.1. The van der Waals surface area contributed by atoms with Crippen molar-refractivity contribution in [3.05, 3.63) is 94.8 Å². The molecule has 38 heavy (non-hydrogen) atoms. The number of carbonyl (C=O) groups excluding carboxylic acids is 2. The summed E-state index contributed by atoms with van der Waals surface area (Å²) < 4.78 is 29.9. The van der Waals surface area contributed by atoms with Gasteiger partial charge in [-0.15, -0.1) is 0 Å². The molecule has 2 aromatic carbocycles. The van der Waals surface area contributed by atoms with Gasteiger partial charge in [0.1, 0.15) is 28.8 Å². The van der Waals surface area contributed by atoms with Crippen molar-refractivity contribution >= 4 is 23.2 Å². The number of hydrogen-bond donors (Lipinski definition) is 1. The second-order valence-corrected chi connectivity index (χ2v) is 9.68. The van der Waals surface area contributed by atoms with E-state index in [2.05, 4.69) is 10.4 Å². The first-order valence-electron chi connectivity index (χ1n) is 12.8. The molecule has 196 valence electrons. The van der Waals surface area contributed by atoms with Crippen LogP contribution in [0.5, 0.6) is 0 Å². The number of Topliss-reactive ketones (excluding diaryl/α,β-unsaturated/α-hetero) is 1. The number of nitrogens with zero attached hydrogens (tertiary/aromatic N) is 4. The molecule has 0 bridgehead atoms. The molecule has 9 heteroatoms. The third kappa shape index (κ3) is 5.56. The molecule has 1 aliphatic heterocycles. The highest BCUT2D eigenvalue weighted by molar-refractivity contribution is 5.99. The van der Waals surface area contributed by atoms with E-state index in [9.17, 15) is 18.4 Å². The van der Waals surface area contributed by atoms with E-state index in [1.165, 1.54) is 16.8 Å². The Bertz CT molecular complexity index is 1470. The number of amides is 1. The topological polar surface area (TPSA) is 79.6 Å². The largest absolute Gasteiger partial charge is 0.352 e. The van der Waals surface area contributed by atoms with E-state index in [0.29, 0.717) is 48.5 Å². The lowest BCUT2D eigenvalue weighted by atomic mass is 10.0. The first-order chi connectivity index (χ1) is 18.4. The summed E-state index contributed by atoms with van der Waals surface area (Å²) >= 11 is 0. The predicted molar refractivity (Wildman–Crippen MR) is 140 cm³/mol. The van der Waals surface area contributed by atoms with Gasteiger partial charge in [0.25, 0.3) is 5.91 Å². The molecule has 0 spiro atoms. The Balaban J connectivity index is 1.24. The molecular formula is C29H29F2N5O2. The van der Waals surface area contributed by atoms with Crippen LogP contribution in [-0.4, -0.2) is 39.4 Å². The van der Waals surface area contributed by atoms with E-state index in [1.54, 1.807) is 19.2 Å². The fourth-order valence-corrected chi connectivity index (χ4v) is 5.01. The molecule has 1 amide bonds. The number of halogens is 2. The fraction of sp³-hybridized carbons (Fsp3) is 0.310. The van der Waals surface area contributed by atoms with Crippen molar-refractivity contribution in [2.75, 3.05) is 18.0 Å². The van der Waals surface area contributed by atoms with Crippen LogP contribution < -0.4 is 10.2 Å². The van der Waals surface area contributed by atoms with Crippen LogP contribution in [0.15, 0.2) is 60.9 Å². The van der Waals surface area contributed by atoms with Crippen LogP contribution in [0.3, 0.4) is 0 Å². The van der Waals surface area contributed by atoms with Gasteiger partial charge in [-0.3, -0.25) is 9.59 Å². The smallest absolute Gasteiger partial charge is 0.256 e. The van der Waals surface area contributed by atoms with Crippen LogP contribution in [0.25, 0.3) is 5.65 Å². The van der Waals surface area contributed by atoms with Gasteiger partial charge in [0.2, 0.25) is 0 Å². The van der Waals surface area contributed by atoms with Crippen LogP contribution in [0.2, 0.25) is 0 Å². The summed E-state index contributed by atoms with van der Waals surface area (Å²) in [6, 6.07) is 12.9. The molecule has 3 heterocycles. The van der Waals surface area contributed by atoms with Crippen molar-refractivity contribution in [3.63, 3.8) is 0 Å². The van der Waals surface area contributed by atoms with Gasteiger partial charge >= 0.3 is 0 Å². The second kappa shape index (κ2) is 11.1. The average molecular weight is 518 g/mol. The number of carbonyl (C=O) groups is 2. The van der Waals surface area contributed by atoms with Gasteiger partial charge in [-0.25, -0.2) is 18.3 Å². The lowest BCUT2D eigenvalue weighted by Crippen LogP contribution is -2.26. The SMILES string of the molecule is CC(=O)Cc1ccc(CCCNC(=O)c2cnn3ccc(N4CCC[C@@H]4c4cc(F)ccc4F)nc23)cc1. The Labute approximate surface area is 219 Å². The minimum Gasteiger partial charge on any atom is -0.352 e. The molecule has 1 saturated heterocycles. The highest BCUT2D eigenvalue weighted by Gasteiger charge is 2.30. The average Bonchev–Trinajstić information content (AvgIpc) is 3.55. The standard InChI is InChI=1S/C29H29F2N5O2/c1-19(37)16-21-8-6-20(7-9-21)4-2-13-32-29(38)24-18-33-36-15-12-27(34-28(24)36)35-14-3-5-26(35)23-17-22(30)10-11-25(23)31/h6-12,15,17-18,26H,2-5,13-14,16H2,1H3,(H,32,38)/t26-/m1/s1. The van der Waals surface area contributed by atoms with Gasteiger partial charge in [-0.2, -0.15) is 5.10 Å². The number of anilines is 1. The first kappa shape index (κ1) is 25.5. The molecule has 7 nitrogen and oxygen atoms in total. The molecule has 1 N–H and O–H groups in total. The van der Waals surface area contributed by atoms with E-state index in [1.807, 2.05) is 29.2 Å². The minimum atomic E-state index is -0.476. The van der Waals surface area contributed by atoms with Crippen molar-refractivity contribution in [1.82, 2.24) is 19.9 Å². The number of hydrogen-bond acceptors (Lipinski definition) is 5. The summed E-state index contributed by atoms with van der Waals surface area (Å²) in [7, 11) is 0. The summed E-state index contributed by atoms with van der Waals surface area (Å²) in [6.07, 6.45) is 6.70. The zero-order valence-electron chi connectivity index (χ0n) is 21.2. The molecule has 1 atom stereocenters.